The van der Waals surface area contributed by atoms with E-state index in [-0.39, 0.29) is 18.6 Å². The summed E-state index contributed by atoms with van der Waals surface area (Å²) in [6.45, 7) is 4.58. The van der Waals surface area contributed by atoms with E-state index >= 15 is 0 Å². The highest BCUT2D eigenvalue weighted by atomic mass is 19.4. The summed E-state index contributed by atoms with van der Waals surface area (Å²) in [4.78, 5) is 15.8. The van der Waals surface area contributed by atoms with Crippen molar-refractivity contribution in [1.82, 2.24) is 19.6 Å². The fourth-order valence-electron chi connectivity index (χ4n) is 2.45. The number of hydrogen-bond donors (Lipinski definition) is 1. The standard InChI is InChI=1S/C14H21F3N4O2/c1-2-11(22)9-19-5-7-20(8-6-19)13(23)10-21-4-3-12(18-21)14(15,16)17/h3-4,11,22H,2,5-10H2,1H3/t11-/m1/s1. The van der Waals surface area contributed by atoms with Crippen LogP contribution in [0.25, 0.3) is 0 Å². The molecule has 6 nitrogen and oxygen atoms in total. The molecular formula is C14H21F3N4O2. The average Bonchev–Trinajstić information content (AvgIpc) is 2.96. The second-order valence-corrected chi connectivity index (χ2v) is 5.64. The van der Waals surface area contributed by atoms with Crippen molar-refractivity contribution in [1.29, 1.82) is 0 Å². The average molecular weight is 334 g/mol. The van der Waals surface area contributed by atoms with Gasteiger partial charge in [0.2, 0.25) is 5.91 Å². The minimum atomic E-state index is -4.50. The number of amides is 1. The van der Waals surface area contributed by atoms with Crippen molar-refractivity contribution in [2.45, 2.75) is 32.2 Å². The fraction of sp³-hybridized carbons (Fsp3) is 0.714. The quantitative estimate of drug-likeness (QED) is 0.866. The summed E-state index contributed by atoms with van der Waals surface area (Å²) in [6.07, 6.45) is -3.03. The Morgan fingerprint density at radius 1 is 1.35 bits per heavy atom. The maximum absolute atomic E-state index is 12.5. The number of halogens is 3. The van der Waals surface area contributed by atoms with E-state index < -0.39 is 11.9 Å². The topological polar surface area (TPSA) is 61.6 Å². The van der Waals surface area contributed by atoms with E-state index in [9.17, 15) is 23.1 Å². The van der Waals surface area contributed by atoms with E-state index in [0.29, 0.717) is 39.1 Å². The summed E-state index contributed by atoms with van der Waals surface area (Å²) in [5, 5.41) is 13.0. The Labute approximate surface area is 132 Å². The number of carbonyl (C=O) groups is 1. The van der Waals surface area contributed by atoms with Gasteiger partial charge >= 0.3 is 6.18 Å². The van der Waals surface area contributed by atoms with Crippen molar-refractivity contribution < 1.29 is 23.1 Å². The van der Waals surface area contributed by atoms with Crippen LogP contribution in [0.3, 0.4) is 0 Å². The van der Waals surface area contributed by atoms with Crippen molar-refractivity contribution in [2.24, 2.45) is 0 Å². The van der Waals surface area contributed by atoms with Crippen LogP contribution in [0, 0.1) is 0 Å². The molecule has 2 heterocycles. The van der Waals surface area contributed by atoms with Crippen LogP contribution < -0.4 is 0 Å². The van der Waals surface area contributed by atoms with Crippen molar-refractivity contribution in [2.75, 3.05) is 32.7 Å². The Morgan fingerprint density at radius 2 is 2.00 bits per heavy atom. The molecule has 0 radical (unpaired) electrons. The number of nitrogens with zero attached hydrogens (tertiary/aromatic N) is 4. The van der Waals surface area contributed by atoms with Gasteiger partial charge in [0.15, 0.2) is 5.69 Å². The molecule has 9 heteroatoms. The molecule has 1 N–H and O–H groups in total. The molecule has 1 atom stereocenters. The van der Waals surface area contributed by atoms with Gasteiger partial charge in [-0.2, -0.15) is 18.3 Å². The molecule has 1 amide bonds. The highest BCUT2D eigenvalue weighted by Gasteiger charge is 2.33. The predicted octanol–water partition coefficient (Wildman–Crippen LogP) is 0.817. The minimum absolute atomic E-state index is 0.201. The Morgan fingerprint density at radius 3 is 2.52 bits per heavy atom. The van der Waals surface area contributed by atoms with Gasteiger partial charge in [-0.25, -0.2) is 0 Å². The number of aliphatic hydroxyl groups excluding tert-OH is 1. The van der Waals surface area contributed by atoms with Crippen LogP contribution in [0.15, 0.2) is 12.3 Å². The molecule has 0 spiro atoms. The zero-order chi connectivity index (χ0) is 17.0. The van der Waals surface area contributed by atoms with E-state index in [1.807, 2.05) is 6.92 Å². The maximum Gasteiger partial charge on any atom is 0.435 e. The van der Waals surface area contributed by atoms with Crippen LogP contribution in [0.2, 0.25) is 0 Å². The number of carbonyl (C=O) groups excluding carboxylic acids is 1. The molecule has 0 unspecified atom stereocenters. The second kappa shape index (κ2) is 7.31. The lowest BCUT2D eigenvalue weighted by atomic mass is 10.2. The molecule has 0 aliphatic carbocycles. The summed E-state index contributed by atoms with van der Waals surface area (Å²) in [6, 6.07) is 0.858. The third-order valence-electron chi connectivity index (χ3n) is 3.89. The first kappa shape index (κ1) is 17.7. The van der Waals surface area contributed by atoms with E-state index in [4.69, 9.17) is 0 Å². The Kier molecular flexibility index (Phi) is 5.64. The third kappa shape index (κ3) is 4.93. The molecular weight excluding hydrogens is 313 g/mol. The zero-order valence-electron chi connectivity index (χ0n) is 13.0. The molecule has 130 valence electrons. The Hall–Kier alpha value is -1.61. The van der Waals surface area contributed by atoms with Crippen LogP contribution in [0.1, 0.15) is 19.0 Å². The number of piperazine rings is 1. The molecule has 2 rings (SSSR count). The number of aromatic nitrogens is 2. The van der Waals surface area contributed by atoms with Gasteiger partial charge in [0, 0.05) is 38.9 Å². The molecule has 1 fully saturated rings. The number of hydrogen-bond acceptors (Lipinski definition) is 4. The molecule has 1 aromatic heterocycles. The van der Waals surface area contributed by atoms with Gasteiger partial charge in [-0.3, -0.25) is 14.4 Å². The van der Waals surface area contributed by atoms with E-state index in [1.165, 1.54) is 0 Å². The molecule has 0 saturated carbocycles. The number of β-amino-alcohol motifs (C(OH)–C–C–N with tert-alkyl or cyclic N) is 1. The predicted molar refractivity (Wildman–Crippen MR) is 76.5 cm³/mol. The Bertz CT molecular complexity index is 524. The van der Waals surface area contributed by atoms with Crippen molar-refractivity contribution in [3.05, 3.63) is 18.0 Å². The molecule has 0 bridgehead atoms. The highest BCUT2D eigenvalue weighted by Crippen LogP contribution is 2.27. The normalized spacial score (nSPS) is 18.2. The SMILES string of the molecule is CC[C@@H](O)CN1CCN(C(=O)Cn2ccc(C(F)(F)F)n2)CC1. The number of rotatable bonds is 5. The zero-order valence-corrected chi connectivity index (χ0v) is 13.0. The van der Waals surface area contributed by atoms with Gasteiger partial charge in [0.05, 0.1) is 6.10 Å². The van der Waals surface area contributed by atoms with Gasteiger partial charge in [0.25, 0.3) is 0 Å². The van der Waals surface area contributed by atoms with Crippen molar-refractivity contribution >= 4 is 5.91 Å². The largest absolute Gasteiger partial charge is 0.435 e. The molecule has 1 saturated heterocycles. The summed E-state index contributed by atoms with van der Waals surface area (Å²) in [5.41, 5.74) is -0.997. The summed E-state index contributed by atoms with van der Waals surface area (Å²) in [5.74, 6) is -0.252. The molecule has 1 aliphatic heterocycles. The van der Waals surface area contributed by atoms with E-state index in [0.717, 1.165) is 16.9 Å². The van der Waals surface area contributed by atoms with Gasteiger partial charge in [-0.15, -0.1) is 0 Å². The van der Waals surface area contributed by atoms with Crippen molar-refractivity contribution in [3.8, 4) is 0 Å². The summed E-state index contributed by atoms with van der Waals surface area (Å²) < 4.78 is 38.4. The van der Waals surface area contributed by atoms with E-state index in [1.54, 1.807) is 4.90 Å². The highest BCUT2D eigenvalue weighted by molar-refractivity contribution is 5.76. The molecule has 0 aromatic carbocycles. The van der Waals surface area contributed by atoms with E-state index in [2.05, 4.69) is 10.00 Å². The summed E-state index contributed by atoms with van der Waals surface area (Å²) >= 11 is 0. The van der Waals surface area contributed by atoms with Gasteiger partial charge in [-0.1, -0.05) is 6.92 Å². The van der Waals surface area contributed by atoms with Crippen LogP contribution >= 0.6 is 0 Å². The first-order chi connectivity index (χ1) is 10.8. The first-order valence-electron chi connectivity index (χ1n) is 7.58. The number of alkyl halides is 3. The van der Waals surface area contributed by atoms with Gasteiger partial charge < -0.3 is 10.0 Å². The van der Waals surface area contributed by atoms with Crippen LogP contribution in [0.4, 0.5) is 13.2 Å². The lowest BCUT2D eigenvalue weighted by Crippen LogP contribution is -2.51. The van der Waals surface area contributed by atoms with Crippen LogP contribution in [0.5, 0.6) is 0 Å². The third-order valence-corrected chi connectivity index (χ3v) is 3.89. The Balaban J connectivity index is 1.82. The number of aliphatic hydroxyl groups is 1. The maximum atomic E-state index is 12.5. The van der Waals surface area contributed by atoms with Crippen LogP contribution in [-0.4, -0.2) is 69.4 Å². The smallest absolute Gasteiger partial charge is 0.392 e. The molecule has 1 aliphatic rings. The fourth-order valence-corrected chi connectivity index (χ4v) is 2.45. The van der Waals surface area contributed by atoms with Crippen molar-refractivity contribution in [3.63, 3.8) is 0 Å². The molecule has 23 heavy (non-hydrogen) atoms. The van der Waals surface area contributed by atoms with Crippen LogP contribution in [-0.2, 0) is 17.5 Å². The monoisotopic (exact) mass is 334 g/mol. The minimum Gasteiger partial charge on any atom is -0.392 e. The van der Waals surface area contributed by atoms with Gasteiger partial charge in [0.1, 0.15) is 6.54 Å². The summed E-state index contributed by atoms with van der Waals surface area (Å²) in [7, 11) is 0. The lowest BCUT2D eigenvalue weighted by Gasteiger charge is -2.35. The van der Waals surface area contributed by atoms with Gasteiger partial charge in [-0.05, 0) is 12.5 Å². The lowest BCUT2D eigenvalue weighted by molar-refractivity contribution is -0.142. The second-order valence-electron chi connectivity index (χ2n) is 5.64. The molecule has 1 aromatic rings. The first-order valence-corrected chi connectivity index (χ1v) is 7.58.